The monoisotopic (exact) mass is 428 g/mol. The van der Waals surface area contributed by atoms with Crippen LogP contribution in [0.4, 0.5) is 16.2 Å². The van der Waals surface area contributed by atoms with Crippen molar-refractivity contribution in [3.63, 3.8) is 0 Å². The van der Waals surface area contributed by atoms with Gasteiger partial charge in [-0.25, -0.2) is 4.79 Å². The quantitative estimate of drug-likeness (QED) is 0.285. The van der Waals surface area contributed by atoms with Crippen LogP contribution < -0.4 is 20.1 Å². The van der Waals surface area contributed by atoms with E-state index in [4.69, 9.17) is 9.47 Å². The van der Waals surface area contributed by atoms with E-state index < -0.39 is 22.8 Å². The van der Waals surface area contributed by atoms with Gasteiger partial charge in [0, 0.05) is 31.3 Å². The highest BCUT2D eigenvalue weighted by Crippen LogP contribution is 2.29. The largest absolute Gasteiger partial charge is 0.497 e. The Labute approximate surface area is 177 Å². The molecule has 2 aromatic carbocycles. The molecule has 0 fully saturated rings. The molecule has 4 amide bonds. The number of nitrogens with one attached hydrogen (secondary N) is 2. The molecule has 0 radical (unpaired) electrons. The van der Waals surface area contributed by atoms with Crippen LogP contribution in [0.25, 0.3) is 0 Å². The lowest BCUT2D eigenvalue weighted by molar-refractivity contribution is -0.384. The molecule has 0 aliphatic carbocycles. The lowest BCUT2D eigenvalue weighted by Gasteiger charge is -2.15. The van der Waals surface area contributed by atoms with Gasteiger partial charge in [0.25, 0.3) is 17.5 Å². The van der Waals surface area contributed by atoms with Gasteiger partial charge in [0.15, 0.2) is 0 Å². The fraction of sp³-hybridized carbons (Fsp3) is 0.250. The third kappa shape index (κ3) is 4.55. The van der Waals surface area contributed by atoms with E-state index in [1.165, 1.54) is 26.4 Å². The number of benzene rings is 2. The van der Waals surface area contributed by atoms with Gasteiger partial charge in [0.1, 0.15) is 11.5 Å². The number of nitro benzene ring substituents is 1. The Bertz CT molecular complexity index is 1050. The van der Waals surface area contributed by atoms with Crippen molar-refractivity contribution in [2.75, 3.05) is 32.6 Å². The van der Waals surface area contributed by atoms with Gasteiger partial charge >= 0.3 is 6.03 Å². The van der Waals surface area contributed by atoms with E-state index in [2.05, 4.69) is 10.6 Å². The van der Waals surface area contributed by atoms with E-state index in [1.54, 1.807) is 18.2 Å². The van der Waals surface area contributed by atoms with Crippen molar-refractivity contribution in [1.82, 2.24) is 10.2 Å². The minimum Gasteiger partial charge on any atom is -0.497 e. The average Bonchev–Trinajstić information content (AvgIpc) is 3.00. The summed E-state index contributed by atoms with van der Waals surface area (Å²) >= 11 is 0. The molecule has 0 spiro atoms. The fourth-order valence-corrected chi connectivity index (χ4v) is 3.11. The highest BCUT2D eigenvalue weighted by atomic mass is 16.6. The van der Waals surface area contributed by atoms with Crippen molar-refractivity contribution in [3.8, 4) is 11.5 Å². The van der Waals surface area contributed by atoms with Crippen LogP contribution in [0.3, 0.4) is 0 Å². The molecule has 0 atom stereocenters. The zero-order valence-corrected chi connectivity index (χ0v) is 16.8. The predicted molar refractivity (Wildman–Crippen MR) is 110 cm³/mol. The number of rotatable bonds is 8. The molecule has 2 N–H and O–H groups in total. The van der Waals surface area contributed by atoms with Crippen molar-refractivity contribution < 1.29 is 28.8 Å². The number of methoxy groups -OCH3 is 2. The minimum atomic E-state index is -0.624. The van der Waals surface area contributed by atoms with Crippen LogP contribution >= 0.6 is 0 Å². The van der Waals surface area contributed by atoms with Crippen molar-refractivity contribution >= 4 is 29.2 Å². The van der Waals surface area contributed by atoms with E-state index in [0.717, 1.165) is 11.0 Å². The van der Waals surface area contributed by atoms with Crippen molar-refractivity contribution in [2.24, 2.45) is 0 Å². The second-order valence-corrected chi connectivity index (χ2v) is 6.55. The number of fused-ring (bicyclic) bond motifs is 1. The third-order valence-corrected chi connectivity index (χ3v) is 4.66. The van der Waals surface area contributed by atoms with E-state index >= 15 is 0 Å². The number of amides is 4. The number of nitro groups is 1. The molecular weight excluding hydrogens is 408 g/mol. The van der Waals surface area contributed by atoms with Crippen molar-refractivity contribution in [3.05, 3.63) is 57.6 Å². The van der Waals surface area contributed by atoms with Crippen LogP contribution in [0.1, 0.15) is 27.1 Å². The normalized spacial score (nSPS) is 12.4. The molecule has 162 valence electrons. The molecule has 1 heterocycles. The molecule has 0 unspecified atom stereocenters. The standard InChI is InChI=1S/C20H20N4O7/c1-30-13-5-7-17(31-2)16(11-13)22-20(27)21-8-3-9-23-18(25)14-6-4-12(24(28)29)10-15(14)19(23)26/h4-7,10-11H,3,8-9H2,1-2H3,(H2,21,22,27). The zero-order chi connectivity index (χ0) is 22.5. The summed E-state index contributed by atoms with van der Waals surface area (Å²) in [6, 6.07) is 8.02. The molecule has 11 heteroatoms. The molecule has 0 saturated carbocycles. The summed E-state index contributed by atoms with van der Waals surface area (Å²) in [6.07, 6.45) is 0.302. The topological polar surface area (TPSA) is 140 Å². The highest BCUT2D eigenvalue weighted by molar-refractivity contribution is 6.21. The summed E-state index contributed by atoms with van der Waals surface area (Å²) in [6.45, 7) is 0.245. The minimum absolute atomic E-state index is 0.00928. The number of anilines is 1. The Kier molecular flexibility index (Phi) is 6.34. The number of nitrogens with zero attached hydrogens (tertiary/aromatic N) is 2. The maximum Gasteiger partial charge on any atom is 0.319 e. The van der Waals surface area contributed by atoms with Gasteiger partial charge in [-0.1, -0.05) is 0 Å². The zero-order valence-electron chi connectivity index (χ0n) is 16.8. The van der Waals surface area contributed by atoms with Gasteiger partial charge in [-0.15, -0.1) is 0 Å². The van der Waals surface area contributed by atoms with E-state index in [9.17, 15) is 24.5 Å². The lowest BCUT2D eigenvalue weighted by Crippen LogP contribution is -2.35. The van der Waals surface area contributed by atoms with Gasteiger partial charge in [0.05, 0.1) is 36.0 Å². The highest BCUT2D eigenvalue weighted by Gasteiger charge is 2.36. The second kappa shape index (κ2) is 9.11. The first-order chi connectivity index (χ1) is 14.8. The van der Waals surface area contributed by atoms with Gasteiger partial charge in [0.2, 0.25) is 0 Å². The summed E-state index contributed by atoms with van der Waals surface area (Å²) < 4.78 is 10.3. The Morgan fingerprint density at radius 3 is 2.48 bits per heavy atom. The number of hydrogen-bond donors (Lipinski definition) is 2. The number of non-ortho nitro benzene ring substituents is 1. The number of carbonyl (C=O) groups is 3. The maximum absolute atomic E-state index is 12.4. The first-order valence-corrected chi connectivity index (χ1v) is 9.27. The molecule has 11 nitrogen and oxygen atoms in total. The van der Waals surface area contributed by atoms with Crippen LogP contribution in [0.15, 0.2) is 36.4 Å². The molecule has 0 bridgehead atoms. The Morgan fingerprint density at radius 2 is 1.81 bits per heavy atom. The summed E-state index contributed by atoms with van der Waals surface area (Å²) in [5, 5.41) is 16.2. The lowest BCUT2D eigenvalue weighted by atomic mass is 10.1. The molecule has 0 saturated heterocycles. The molecule has 1 aliphatic rings. The van der Waals surface area contributed by atoms with Crippen LogP contribution in [0.2, 0.25) is 0 Å². The fourth-order valence-electron chi connectivity index (χ4n) is 3.11. The van der Waals surface area contributed by atoms with Gasteiger partial charge < -0.3 is 20.1 Å². The third-order valence-electron chi connectivity index (χ3n) is 4.66. The molecule has 0 aromatic heterocycles. The number of ether oxygens (including phenoxy) is 2. The summed E-state index contributed by atoms with van der Waals surface area (Å²) in [5.41, 5.74) is 0.302. The number of imide groups is 1. The summed E-state index contributed by atoms with van der Waals surface area (Å²) in [4.78, 5) is 48.3. The number of hydrogen-bond acceptors (Lipinski definition) is 7. The van der Waals surface area contributed by atoms with Gasteiger partial charge in [-0.2, -0.15) is 0 Å². The van der Waals surface area contributed by atoms with Gasteiger partial charge in [-0.3, -0.25) is 24.6 Å². The molecule has 1 aliphatic heterocycles. The van der Waals surface area contributed by atoms with Crippen LogP contribution in [0, 0.1) is 10.1 Å². The number of urea groups is 1. The smallest absolute Gasteiger partial charge is 0.319 e. The Hall–Kier alpha value is -4.15. The molecular formula is C20H20N4O7. The predicted octanol–water partition coefficient (Wildman–Crippen LogP) is 2.42. The number of carbonyl (C=O) groups excluding carboxylic acids is 3. The van der Waals surface area contributed by atoms with Crippen molar-refractivity contribution in [2.45, 2.75) is 6.42 Å². The molecule has 31 heavy (non-hydrogen) atoms. The van der Waals surface area contributed by atoms with Crippen molar-refractivity contribution in [1.29, 1.82) is 0 Å². The first-order valence-electron chi connectivity index (χ1n) is 9.27. The maximum atomic E-state index is 12.4. The van der Waals surface area contributed by atoms with Crippen LogP contribution in [-0.4, -0.2) is 55.0 Å². The van der Waals surface area contributed by atoms with Crippen LogP contribution in [0.5, 0.6) is 11.5 Å². The van der Waals surface area contributed by atoms with Crippen LogP contribution in [-0.2, 0) is 0 Å². The van der Waals surface area contributed by atoms with E-state index in [0.29, 0.717) is 23.6 Å². The average molecular weight is 428 g/mol. The van der Waals surface area contributed by atoms with E-state index in [1.807, 2.05) is 0 Å². The Balaban J connectivity index is 1.53. The molecule has 3 rings (SSSR count). The SMILES string of the molecule is COc1ccc(OC)c(NC(=O)NCCCN2C(=O)c3ccc([N+](=O)[O-])cc3C2=O)c1. The first kappa shape index (κ1) is 21.6. The van der Waals surface area contributed by atoms with Gasteiger partial charge in [-0.05, 0) is 24.6 Å². The van der Waals surface area contributed by atoms with E-state index in [-0.39, 0.29) is 29.9 Å². The summed E-state index contributed by atoms with van der Waals surface area (Å²) in [7, 11) is 2.98. The molecule has 2 aromatic rings. The summed E-state index contributed by atoms with van der Waals surface area (Å²) in [5.74, 6) is -0.104. The second-order valence-electron chi connectivity index (χ2n) is 6.55. The Morgan fingerprint density at radius 1 is 1.06 bits per heavy atom.